The zero-order valence-corrected chi connectivity index (χ0v) is 16.0. The fourth-order valence-electron chi connectivity index (χ4n) is 4.13. The molecular weight excluding hydrogens is 340 g/mol. The van der Waals surface area contributed by atoms with Gasteiger partial charge in [-0.25, -0.2) is 0 Å². The third kappa shape index (κ3) is 2.91. The molecule has 1 unspecified atom stereocenters. The van der Waals surface area contributed by atoms with Gasteiger partial charge in [0.2, 0.25) is 5.91 Å². The maximum absolute atomic E-state index is 13.0. The van der Waals surface area contributed by atoms with E-state index in [-0.39, 0.29) is 24.0 Å². The predicted octanol–water partition coefficient (Wildman–Crippen LogP) is 3.49. The first-order chi connectivity index (χ1) is 13.1. The molecule has 0 bridgehead atoms. The molecule has 27 heavy (non-hydrogen) atoms. The van der Waals surface area contributed by atoms with Crippen molar-refractivity contribution in [3.05, 3.63) is 23.9 Å². The number of aryl methyl sites for hydroxylation is 1. The maximum atomic E-state index is 13.0. The Morgan fingerprint density at radius 3 is 2.63 bits per heavy atom. The van der Waals surface area contributed by atoms with Crippen LogP contribution in [0.2, 0.25) is 0 Å². The third-order valence-electron chi connectivity index (χ3n) is 6.13. The lowest BCUT2D eigenvalue weighted by atomic mass is 9.91. The Labute approximate surface area is 159 Å². The summed E-state index contributed by atoms with van der Waals surface area (Å²) >= 11 is 0. The highest BCUT2D eigenvalue weighted by Crippen LogP contribution is 2.45. The Morgan fingerprint density at radius 1 is 1.19 bits per heavy atom. The molecule has 1 aliphatic heterocycles. The van der Waals surface area contributed by atoms with Crippen molar-refractivity contribution in [1.82, 2.24) is 15.0 Å². The minimum atomic E-state index is 0.217. The summed E-state index contributed by atoms with van der Waals surface area (Å²) in [7, 11) is 1.87. The van der Waals surface area contributed by atoms with Gasteiger partial charge < -0.3 is 9.64 Å². The highest BCUT2D eigenvalue weighted by atomic mass is 16.5. The van der Waals surface area contributed by atoms with Crippen molar-refractivity contribution in [2.75, 3.05) is 4.90 Å². The summed E-state index contributed by atoms with van der Waals surface area (Å²) in [5.74, 6) is 1.41. The average molecular weight is 366 g/mol. The van der Waals surface area contributed by atoms with Crippen molar-refractivity contribution < 1.29 is 9.53 Å². The van der Waals surface area contributed by atoms with Crippen LogP contribution in [0.25, 0.3) is 11.3 Å². The van der Waals surface area contributed by atoms with Gasteiger partial charge in [0.25, 0.3) is 0 Å². The van der Waals surface area contributed by atoms with Crippen LogP contribution in [0.4, 0.5) is 5.69 Å². The molecule has 1 aromatic carbocycles. The predicted molar refractivity (Wildman–Crippen MR) is 103 cm³/mol. The molecule has 6 heteroatoms. The monoisotopic (exact) mass is 366 g/mol. The molecule has 0 N–H and O–H groups in total. The van der Waals surface area contributed by atoms with Gasteiger partial charge in [-0.3, -0.25) is 9.48 Å². The van der Waals surface area contributed by atoms with E-state index in [2.05, 4.69) is 29.4 Å². The minimum absolute atomic E-state index is 0.217. The number of carbonyl (C=O) groups excluding carboxylic acids is 1. The van der Waals surface area contributed by atoms with Gasteiger partial charge in [-0.15, -0.1) is 5.10 Å². The summed E-state index contributed by atoms with van der Waals surface area (Å²) in [6, 6.07) is 4.38. The van der Waals surface area contributed by atoms with E-state index in [4.69, 9.17) is 4.74 Å². The van der Waals surface area contributed by atoms with Crippen molar-refractivity contribution in [3.8, 4) is 17.0 Å². The molecule has 3 aliphatic rings. The number of ether oxygens (including phenoxy) is 1. The number of hydrogen-bond acceptors (Lipinski definition) is 4. The number of hydrogen-bond donors (Lipinski definition) is 0. The molecule has 0 radical (unpaired) electrons. The fourth-order valence-corrected chi connectivity index (χ4v) is 4.13. The highest BCUT2D eigenvalue weighted by molar-refractivity contribution is 5.99. The first-order valence-corrected chi connectivity index (χ1v) is 10.1. The normalized spacial score (nSPS) is 22.3. The minimum Gasteiger partial charge on any atom is -0.489 e. The SMILES string of the molecule is CC1CCc2c(ccc(-c3cn(C)nn3)c2OC2CCC2)N1C(=O)C1CC1. The maximum Gasteiger partial charge on any atom is 0.230 e. The van der Waals surface area contributed by atoms with Crippen LogP contribution < -0.4 is 9.64 Å². The molecule has 142 valence electrons. The molecule has 5 rings (SSSR count). The largest absolute Gasteiger partial charge is 0.489 e. The van der Waals surface area contributed by atoms with Crippen molar-refractivity contribution in [2.45, 2.75) is 64.0 Å². The summed E-state index contributed by atoms with van der Waals surface area (Å²) in [4.78, 5) is 15.0. The van der Waals surface area contributed by atoms with Crippen LogP contribution in [0.3, 0.4) is 0 Å². The number of fused-ring (bicyclic) bond motifs is 1. The molecule has 2 fully saturated rings. The van der Waals surface area contributed by atoms with Crippen molar-refractivity contribution in [3.63, 3.8) is 0 Å². The Bertz CT molecular complexity index is 882. The van der Waals surface area contributed by atoms with Gasteiger partial charge in [-0.2, -0.15) is 0 Å². The van der Waals surface area contributed by atoms with Crippen LogP contribution in [0.15, 0.2) is 18.3 Å². The smallest absolute Gasteiger partial charge is 0.230 e. The van der Waals surface area contributed by atoms with E-state index in [1.165, 1.54) is 6.42 Å². The lowest BCUT2D eigenvalue weighted by molar-refractivity contribution is -0.120. The van der Waals surface area contributed by atoms with E-state index in [0.717, 1.165) is 66.8 Å². The Hall–Kier alpha value is -2.37. The molecule has 2 aromatic rings. The molecule has 6 nitrogen and oxygen atoms in total. The van der Waals surface area contributed by atoms with E-state index in [0.29, 0.717) is 0 Å². The van der Waals surface area contributed by atoms with Crippen LogP contribution in [0.1, 0.15) is 51.0 Å². The van der Waals surface area contributed by atoms with Gasteiger partial charge >= 0.3 is 0 Å². The third-order valence-corrected chi connectivity index (χ3v) is 6.13. The average Bonchev–Trinajstić information content (AvgIpc) is 3.38. The molecule has 0 saturated heterocycles. The molecule has 2 saturated carbocycles. The summed E-state index contributed by atoms with van der Waals surface area (Å²) < 4.78 is 8.18. The topological polar surface area (TPSA) is 60.2 Å². The Balaban J connectivity index is 1.61. The van der Waals surface area contributed by atoms with Crippen molar-refractivity contribution >= 4 is 11.6 Å². The number of carbonyl (C=O) groups is 1. The molecule has 2 heterocycles. The second kappa shape index (κ2) is 6.36. The van der Waals surface area contributed by atoms with Crippen LogP contribution in [0.5, 0.6) is 5.75 Å². The molecule has 1 amide bonds. The van der Waals surface area contributed by atoms with Crippen LogP contribution in [-0.2, 0) is 18.3 Å². The summed E-state index contributed by atoms with van der Waals surface area (Å²) in [5.41, 5.74) is 4.01. The fraction of sp³-hybridized carbons (Fsp3) is 0.571. The second-order valence-corrected chi connectivity index (χ2v) is 8.26. The van der Waals surface area contributed by atoms with Gasteiger partial charge in [0.15, 0.2) is 0 Å². The van der Waals surface area contributed by atoms with Crippen LogP contribution in [0, 0.1) is 5.92 Å². The van der Waals surface area contributed by atoms with Crippen LogP contribution >= 0.6 is 0 Å². The van der Waals surface area contributed by atoms with Gasteiger partial charge in [0, 0.05) is 30.1 Å². The van der Waals surface area contributed by atoms with Gasteiger partial charge in [-0.05, 0) is 64.0 Å². The molecule has 1 aromatic heterocycles. The Kier molecular flexibility index (Phi) is 3.95. The first-order valence-electron chi connectivity index (χ1n) is 10.1. The van der Waals surface area contributed by atoms with E-state index < -0.39 is 0 Å². The van der Waals surface area contributed by atoms with Gasteiger partial charge in [0.05, 0.1) is 18.0 Å². The lowest BCUT2D eigenvalue weighted by Gasteiger charge is -2.38. The number of nitrogens with zero attached hydrogens (tertiary/aromatic N) is 4. The second-order valence-electron chi connectivity index (χ2n) is 8.26. The number of rotatable bonds is 4. The van der Waals surface area contributed by atoms with E-state index >= 15 is 0 Å². The molecule has 0 spiro atoms. The van der Waals surface area contributed by atoms with Gasteiger partial charge in [-0.1, -0.05) is 5.21 Å². The van der Waals surface area contributed by atoms with E-state index in [1.54, 1.807) is 4.68 Å². The zero-order valence-electron chi connectivity index (χ0n) is 16.0. The Morgan fingerprint density at radius 2 is 2.00 bits per heavy atom. The number of aromatic nitrogens is 3. The molecular formula is C21H26N4O2. The zero-order chi connectivity index (χ0) is 18.5. The van der Waals surface area contributed by atoms with Crippen molar-refractivity contribution in [1.29, 1.82) is 0 Å². The summed E-state index contributed by atoms with van der Waals surface area (Å²) in [5, 5.41) is 8.40. The van der Waals surface area contributed by atoms with Crippen molar-refractivity contribution in [2.24, 2.45) is 13.0 Å². The quantitative estimate of drug-likeness (QED) is 0.831. The molecule has 1 atom stereocenters. The lowest BCUT2D eigenvalue weighted by Crippen LogP contribution is -2.43. The number of benzene rings is 1. The van der Waals surface area contributed by atoms with E-state index in [9.17, 15) is 4.79 Å². The number of anilines is 1. The van der Waals surface area contributed by atoms with Gasteiger partial charge in [0.1, 0.15) is 11.4 Å². The van der Waals surface area contributed by atoms with Crippen LogP contribution in [-0.4, -0.2) is 33.0 Å². The first kappa shape index (κ1) is 16.8. The standard InChI is InChI=1S/C21H26N4O2/c1-13-6-9-17-19(25(13)21(26)14-7-8-14)11-10-16(18-12-24(2)23-22-18)20(17)27-15-4-3-5-15/h10-15H,3-9H2,1-2H3. The van der Waals surface area contributed by atoms with E-state index in [1.807, 2.05) is 18.1 Å². The molecule has 2 aliphatic carbocycles. The summed E-state index contributed by atoms with van der Waals surface area (Å²) in [6.45, 7) is 2.16. The number of amides is 1. The summed E-state index contributed by atoms with van der Waals surface area (Å²) in [6.07, 6.45) is 9.59. The highest BCUT2D eigenvalue weighted by Gasteiger charge is 2.39.